The van der Waals surface area contributed by atoms with Gasteiger partial charge in [-0.2, -0.15) is 0 Å². The zero-order valence-electron chi connectivity index (χ0n) is 9.70. The molecule has 1 aromatic rings. The van der Waals surface area contributed by atoms with E-state index in [1.165, 1.54) is 0 Å². The van der Waals surface area contributed by atoms with Gasteiger partial charge in [0.25, 0.3) is 0 Å². The van der Waals surface area contributed by atoms with Crippen molar-refractivity contribution in [3.05, 3.63) is 28.8 Å². The molecular weight excluding hydrogens is 263 g/mol. The number of ether oxygens (including phenoxy) is 1. The van der Waals surface area contributed by atoms with Crippen LogP contribution in [0, 0.1) is 0 Å². The van der Waals surface area contributed by atoms with Gasteiger partial charge >= 0.3 is 0 Å². The fourth-order valence-corrected chi connectivity index (χ4v) is 1.47. The molecule has 96 valence electrons. The van der Waals surface area contributed by atoms with Crippen molar-refractivity contribution >= 4 is 29.9 Å². The number of carbonyl (C=O) groups excluding carboxylic acids is 1. The van der Waals surface area contributed by atoms with Gasteiger partial charge in [-0.3, -0.25) is 4.79 Å². The van der Waals surface area contributed by atoms with Gasteiger partial charge < -0.3 is 15.8 Å². The molecule has 0 aliphatic carbocycles. The number of nitrogens with two attached hydrogens (primary N) is 1. The standard InChI is InChI=1S/C11H15ClN2O2.ClH/c1-7(13)11(15)14-6-8-9(12)4-3-5-10(8)16-2;/h3-5,7H,6,13H2,1-2H3,(H,14,15);1H/t7-;/m1./s1. The van der Waals surface area contributed by atoms with Gasteiger partial charge in [-0.15, -0.1) is 12.4 Å². The Labute approximate surface area is 112 Å². The molecule has 0 aromatic heterocycles. The van der Waals surface area contributed by atoms with Gasteiger partial charge in [0.1, 0.15) is 5.75 Å². The Morgan fingerprint density at radius 1 is 1.59 bits per heavy atom. The molecule has 0 heterocycles. The highest BCUT2D eigenvalue weighted by atomic mass is 35.5. The third-order valence-electron chi connectivity index (χ3n) is 2.15. The largest absolute Gasteiger partial charge is 0.496 e. The summed E-state index contributed by atoms with van der Waals surface area (Å²) in [5, 5.41) is 3.25. The van der Waals surface area contributed by atoms with Gasteiger partial charge in [-0.1, -0.05) is 17.7 Å². The topological polar surface area (TPSA) is 64.3 Å². The van der Waals surface area contributed by atoms with E-state index < -0.39 is 6.04 Å². The molecule has 0 saturated heterocycles. The van der Waals surface area contributed by atoms with E-state index >= 15 is 0 Å². The van der Waals surface area contributed by atoms with Crippen molar-refractivity contribution in [3.63, 3.8) is 0 Å². The SMILES string of the molecule is COc1cccc(Cl)c1CNC(=O)[C@@H](C)N.Cl. The van der Waals surface area contributed by atoms with Crippen molar-refractivity contribution in [2.75, 3.05) is 7.11 Å². The summed E-state index contributed by atoms with van der Waals surface area (Å²) in [6, 6.07) is 4.79. The highest BCUT2D eigenvalue weighted by molar-refractivity contribution is 6.31. The summed E-state index contributed by atoms with van der Waals surface area (Å²) in [6.45, 7) is 1.93. The molecule has 3 N–H and O–H groups in total. The number of hydrogen-bond acceptors (Lipinski definition) is 3. The summed E-state index contributed by atoms with van der Waals surface area (Å²) in [5.74, 6) is 0.430. The number of benzene rings is 1. The Morgan fingerprint density at radius 2 is 2.24 bits per heavy atom. The van der Waals surface area contributed by atoms with E-state index in [1.54, 1.807) is 32.2 Å². The number of rotatable bonds is 4. The molecule has 0 unspecified atom stereocenters. The molecule has 1 aromatic carbocycles. The quantitative estimate of drug-likeness (QED) is 0.882. The number of methoxy groups -OCH3 is 1. The summed E-state index contributed by atoms with van der Waals surface area (Å²) in [5.41, 5.74) is 6.18. The summed E-state index contributed by atoms with van der Waals surface area (Å²) in [7, 11) is 1.56. The Balaban J connectivity index is 0.00000256. The van der Waals surface area contributed by atoms with Crippen LogP contribution < -0.4 is 15.8 Å². The second-order valence-electron chi connectivity index (χ2n) is 3.43. The fraction of sp³-hybridized carbons (Fsp3) is 0.364. The summed E-state index contributed by atoms with van der Waals surface area (Å²) in [6.07, 6.45) is 0. The molecule has 17 heavy (non-hydrogen) atoms. The van der Waals surface area contributed by atoms with Crippen molar-refractivity contribution < 1.29 is 9.53 Å². The summed E-state index contributed by atoms with van der Waals surface area (Å²) in [4.78, 5) is 11.3. The molecule has 0 radical (unpaired) electrons. The number of carbonyl (C=O) groups is 1. The van der Waals surface area contributed by atoms with Crippen molar-refractivity contribution in [2.24, 2.45) is 5.73 Å². The predicted molar refractivity (Wildman–Crippen MR) is 70.7 cm³/mol. The molecule has 0 aliphatic rings. The van der Waals surface area contributed by atoms with Crippen LogP contribution in [0.25, 0.3) is 0 Å². The Morgan fingerprint density at radius 3 is 2.76 bits per heavy atom. The average molecular weight is 279 g/mol. The van der Waals surface area contributed by atoms with Crippen LogP contribution in [0.3, 0.4) is 0 Å². The van der Waals surface area contributed by atoms with Crippen LogP contribution in [0.1, 0.15) is 12.5 Å². The third-order valence-corrected chi connectivity index (χ3v) is 2.50. The van der Waals surface area contributed by atoms with Crippen LogP contribution in [0.2, 0.25) is 5.02 Å². The number of nitrogens with one attached hydrogen (secondary N) is 1. The minimum Gasteiger partial charge on any atom is -0.496 e. The van der Waals surface area contributed by atoms with Crippen molar-refractivity contribution in [1.29, 1.82) is 0 Å². The van der Waals surface area contributed by atoms with E-state index in [0.29, 0.717) is 17.3 Å². The first kappa shape index (κ1) is 16.0. The average Bonchev–Trinajstić information content (AvgIpc) is 2.26. The lowest BCUT2D eigenvalue weighted by Gasteiger charge is -2.12. The van der Waals surface area contributed by atoms with E-state index in [-0.39, 0.29) is 18.3 Å². The van der Waals surface area contributed by atoms with Crippen LogP contribution in [-0.2, 0) is 11.3 Å². The van der Waals surface area contributed by atoms with Crippen LogP contribution in [0.4, 0.5) is 0 Å². The lowest BCUT2D eigenvalue weighted by atomic mass is 10.2. The van der Waals surface area contributed by atoms with Crippen LogP contribution in [0.15, 0.2) is 18.2 Å². The minimum absolute atomic E-state index is 0. The first-order valence-electron chi connectivity index (χ1n) is 4.91. The number of amides is 1. The Kier molecular flexibility index (Phi) is 6.95. The van der Waals surface area contributed by atoms with E-state index in [9.17, 15) is 4.79 Å². The van der Waals surface area contributed by atoms with Gasteiger partial charge in [0, 0.05) is 17.1 Å². The summed E-state index contributed by atoms with van der Waals surface area (Å²) >= 11 is 6.01. The van der Waals surface area contributed by atoms with Crippen molar-refractivity contribution in [1.82, 2.24) is 5.32 Å². The molecule has 4 nitrogen and oxygen atoms in total. The maximum absolute atomic E-state index is 11.3. The molecule has 0 spiro atoms. The summed E-state index contributed by atoms with van der Waals surface area (Å²) < 4.78 is 5.15. The molecule has 0 saturated carbocycles. The van der Waals surface area contributed by atoms with E-state index in [0.717, 1.165) is 5.56 Å². The first-order chi connectivity index (χ1) is 7.56. The van der Waals surface area contributed by atoms with Gasteiger partial charge in [0.2, 0.25) is 5.91 Å². The van der Waals surface area contributed by atoms with Gasteiger partial charge in [0.15, 0.2) is 0 Å². The zero-order valence-corrected chi connectivity index (χ0v) is 11.3. The van der Waals surface area contributed by atoms with Crippen LogP contribution >= 0.6 is 24.0 Å². The van der Waals surface area contributed by atoms with Crippen LogP contribution in [-0.4, -0.2) is 19.1 Å². The maximum atomic E-state index is 11.3. The van der Waals surface area contributed by atoms with Gasteiger partial charge in [-0.25, -0.2) is 0 Å². The monoisotopic (exact) mass is 278 g/mol. The number of hydrogen-bond donors (Lipinski definition) is 2. The minimum atomic E-state index is -0.534. The maximum Gasteiger partial charge on any atom is 0.236 e. The lowest BCUT2D eigenvalue weighted by Crippen LogP contribution is -2.37. The molecule has 1 atom stereocenters. The Hall–Kier alpha value is -0.970. The molecule has 0 fully saturated rings. The second kappa shape index (κ2) is 7.37. The molecule has 1 amide bonds. The predicted octanol–water partition coefficient (Wildman–Crippen LogP) is 1.73. The lowest BCUT2D eigenvalue weighted by molar-refractivity contribution is -0.122. The van der Waals surface area contributed by atoms with Crippen molar-refractivity contribution in [2.45, 2.75) is 19.5 Å². The normalized spacial score (nSPS) is 11.3. The highest BCUT2D eigenvalue weighted by Crippen LogP contribution is 2.25. The highest BCUT2D eigenvalue weighted by Gasteiger charge is 2.11. The van der Waals surface area contributed by atoms with E-state index in [1.807, 2.05) is 0 Å². The van der Waals surface area contributed by atoms with Crippen molar-refractivity contribution in [3.8, 4) is 5.75 Å². The number of halogens is 2. The zero-order chi connectivity index (χ0) is 12.1. The molecular formula is C11H16Cl2N2O2. The van der Waals surface area contributed by atoms with Crippen LogP contribution in [0.5, 0.6) is 5.75 Å². The first-order valence-corrected chi connectivity index (χ1v) is 5.28. The molecule has 1 rings (SSSR count). The Bertz CT molecular complexity index is 384. The smallest absolute Gasteiger partial charge is 0.236 e. The van der Waals surface area contributed by atoms with E-state index in [2.05, 4.69) is 5.32 Å². The van der Waals surface area contributed by atoms with E-state index in [4.69, 9.17) is 22.1 Å². The second-order valence-corrected chi connectivity index (χ2v) is 3.83. The molecule has 0 aliphatic heterocycles. The fourth-order valence-electron chi connectivity index (χ4n) is 1.24. The van der Waals surface area contributed by atoms with Gasteiger partial charge in [-0.05, 0) is 19.1 Å². The molecule has 0 bridgehead atoms. The molecule has 6 heteroatoms. The van der Waals surface area contributed by atoms with Gasteiger partial charge in [0.05, 0.1) is 13.2 Å². The third kappa shape index (κ3) is 4.42.